The molecule has 248 valence electrons. The quantitative estimate of drug-likeness (QED) is 0.167. The van der Waals surface area contributed by atoms with E-state index < -0.39 is 0 Å². The number of fused-ring (bicyclic) bond motifs is 9. The van der Waals surface area contributed by atoms with Crippen molar-refractivity contribution in [3.63, 3.8) is 0 Å². The molecule has 0 fully saturated rings. The fourth-order valence-electron chi connectivity index (χ4n) is 8.19. The van der Waals surface area contributed by atoms with E-state index in [1.807, 2.05) is 11.3 Å². The molecule has 0 saturated heterocycles. The van der Waals surface area contributed by atoms with Gasteiger partial charge in [-0.15, -0.1) is 11.3 Å². The Bertz CT molecular complexity index is 3170. The van der Waals surface area contributed by atoms with Gasteiger partial charge in [0.25, 0.3) is 0 Å². The Balaban J connectivity index is 1.14. The fourth-order valence-corrected chi connectivity index (χ4v) is 9.31. The number of furan rings is 1. The van der Waals surface area contributed by atoms with Crippen LogP contribution in [0.4, 0.5) is 17.1 Å². The van der Waals surface area contributed by atoms with Crippen LogP contribution in [0, 0.1) is 0 Å². The van der Waals surface area contributed by atoms with Gasteiger partial charge in [-0.25, -0.2) is 0 Å². The summed E-state index contributed by atoms with van der Waals surface area (Å²) in [6.07, 6.45) is 0. The molecule has 0 bridgehead atoms. The number of nitrogens with zero attached hydrogens (tertiary/aromatic N) is 1. The summed E-state index contributed by atoms with van der Waals surface area (Å²) in [5, 5.41) is 9.80. The molecule has 0 saturated carbocycles. The van der Waals surface area contributed by atoms with Crippen LogP contribution in [0.2, 0.25) is 0 Å². The zero-order valence-electron chi connectivity index (χ0n) is 28.7. The lowest BCUT2D eigenvalue weighted by atomic mass is 9.97. The third-order valence-corrected chi connectivity index (χ3v) is 11.8. The van der Waals surface area contributed by atoms with Crippen LogP contribution in [-0.4, -0.2) is 0 Å². The van der Waals surface area contributed by atoms with E-state index in [0.717, 1.165) is 50.1 Å². The van der Waals surface area contributed by atoms with Crippen LogP contribution in [0.15, 0.2) is 192 Å². The lowest BCUT2D eigenvalue weighted by Crippen LogP contribution is -2.11. The van der Waals surface area contributed by atoms with Crippen molar-refractivity contribution in [3.8, 4) is 22.3 Å². The highest BCUT2D eigenvalue weighted by atomic mass is 32.1. The van der Waals surface area contributed by atoms with Gasteiger partial charge in [-0.1, -0.05) is 133 Å². The molecule has 0 aliphatic heterocycles. The smallest absolute Gasteiger partial charge is 0.145 e. The molecule has 0 aliphatic rings. The van der Waals surface area contributed by atoms with E-state index in [4.69, 9.17) is 4.42 Å². The number of hydrogen-bond donors (Lipinski definition) is 0. The van der Waals surface area contributed by atoms with Crippen molar-refractivity contribution < 1.29 is 4.42 Å². The minimum atomic E-state index is 0.880. The highest BCUT2D eigenvalue weighted by molar-refractivity contribution is 7.26. The van der Waals surface area contributed by atoms with Gasteiger partial charge in [-0.05, 0) is 92.8 Å². The normalized spacial score (nSPS) is 11.8. The molecule has 3 heteroatoms. The van der Waals surface area contributed by atoms with Crippen LogP contribution >= 0.6 is 11.3 Å². The molecule has 11 aromatic rings. The Morgan fingerprint density at radius 3 is 1.96 bits per heavy atom. The van der Waals surface area contributed by atoms with E-state index in [-0.39, 0.29) is 0 Å². The third kappa shape index (κ3) is 4.78. The maximum Gasteiger partial charge on any atom is 0.145 e. The summed E-state index contributed by atoms with van der Waals surface area (Å²) in [7, 11) is 0. The van der Waals surface area contributed by atoms with E-state index in [9.17, 15) is 0 Å². The molecule has 0 aliphatic carbocycles. The topological polar surface area (TPSA) is 16.4 Å². The highest BCUT2D eigenvalue weighted by Gasteiger charge is 2.24. The van der Waals surface area contributed by atoms with Crippen LogP contribution in [-0.2, 0) is 0 Å². The van der Waals surface area contributed by atoms with Crippen LogP contribution in [0.3, 0.4) is 0 Å². The molecule has 53 heavy (non-hydrogen) atoms. The van der Waals surface area contributed by atoms with Gasteiger partial charge in [0, 0.05) is 36.8 Å². The predicted molar refractivity (Wildman–Crippen MR) is 227 cm³/mol. The van der Waals surface area contributed by atoms with E-state index in [1.54, 1.807) is 0 Å². The van der Waals surface area contributed by atoms with E-state index >= 15 is 0 Å². The fraction of sp³-hybridized carbons (Fsp3) is 0. The number of para-hydroxylation sites is 1. The first-order valence-electron chi connectivity index (χ1n) is 18.0. The van der Waals surface area contributed by atoms with Crippen molar-refractivity contribution >= 4 is 92.1 Å². The monoisotopic (exact) mass is 693 g/mol. The lowest BCUT2D eigenvalue weighted by Gasteiger charge is -2.28. The van der Waals surface area contributed by atoms with Crippen molar-refractivity contribution in [2.45, 2.75) is 0 Å². The summed E-state index contributed by atoms with van der Waals surface area (Å²) in [4.78, 5) is 2.44. The van der Waals surface area contributed by atoms with Gasteiger partial charge in [-0.2, -0.15) is 0 Å². The van der Waals surface area contributed by atoms with Gasteiger partial charge in [0.15, 0.2) is 0 Å². The second kappa shape index (κ2) is 11.9. The molecule has 0 unspecified atom stereocenters. The number of hydrogen-bond acceptors (Lipinski definition) is 3. The maximum atomic E-state index is 6.76. The average molecular weight is 694 g/mol. The zero-order valence-corrected chi connectivity index (χ0v) is 29.5. The third-order valence-electron chi connectivity index (χ3n) is 10.7. The minimum Gasteiger partial charge on any atom is -0.455 e. The summed E-state index contributed by atoms with van der Waals surface area (Å²) in [6, 6.07) is 67.9. The van der Waals surface area contributed by atoms with Crippen molar-refractivity contribution in [2.24, 2.45) is 0 Å². The first-order chi connectivity index (χ1) is 26.3. The van der Waals surface area contributed by atoms with Gasteiger partial charge in [0.05, 0.1) is 16.8 Å². The number of benzene rings is 9. The Morgan fingerprint density at radius 2 is 1.08 bits per heavy atom. The van der Waals surface area contributed by atoms with E-state index in [1.165, 1.54) is 52.8 Å². The summed E-state index contributed by atoms with van der Waals surface area (Å²) in [5.74, 6) is 0. The number of rotatable bonds is 5. The number of anilines is 3. The zero-order chi connectivity index (χ0) is 34.9. The van der Waals surface area contributed by atoms with Crippen molar-refractivity contribution in [2.75, 3.05) is 4.90 Å². The molecular formula is C50H31NOS. The maximum absolute atomic E-state index is 6.76. The second-order valence-electron chi connectivity index (χ2n) is 13.7. The van der Waals surface area contributed by atoms with Crippen LogP contribution < -0.4 is 4.90 Å². The first kappa shape index (κ1) is 30.0. The summed E-state index contributed by atoms with van der Waals surface area (Å²) < 4.78 is 9.31. The van der Waals surface area contributed by atoms with Crippen LogP contribution in [0.1, 0.15) is 0 Å². The molecule has 0 N–H and O–H groups in total. The molecule has 2 heterocycles. The van der Waals surface area contributed by atoms with Gasteiger partial charge in [0.2, 0.25) is 0 Å². The van der Waals surface area contributed by atoms with E-state index in [2.05, 4.69) is 193 Å². The molecule has 2 aromatic heterocycles. The molecule has 9 aromatic carbocycles. The minimum absolute atomic E-state index is 0.880. The van der Waals surface area contributed by atoms with Gasteiger partial charge in [0.1, 0.15) is 11.2 Å². The van der Waals surface area contributed by atoms with Crippen LogP contribution in [0.25, 0.3) is 85.9 Å². The molecule has 2 nitrogen and oxygen atoms in total. The standard InChI is InChI=1S/C50H31NOS/c1-2-11-33(12-3-1)40-29-30-44(49-41-15-6-8-18-45(41)52-50(40)49)51(43-17-10-20-47-48(43)42-16-7-9-19-46(42)53-47)37-26-23-32(24-27-37)35-25-28-39-36(31-35)22-21-34-13-4-5-14-38(34)39/h1-31H. The number of thiophene rings is 1. The molecule has 0 radical (unpaired) electrons. The molecule has 11 rings (SSSR count). The average Bonchev–Trinajstić information content (AvgIpc) is 3.81. The molecule has 0 spiro atoms. The van der Waals surface area contributed by atoms with Gasteiger partial charge >= 0.3 is 0 Å². The van der Waals surface area contributed by atoms with Crippen molar-refractivity contribution in [1.82, 2.24) is 0 Å². The predicted octanol–water partition coefficient (Wildman–Crippen LogP) is 15.1. The van der Waals surface area contributed by atoms with Crippen molar-refractivity contribution in [1.29, 1.82) is 0 Å². The first-order valence-corrected chi connectivity index (χ1v) is 18.8. The summed E-state index contributed by atoms with van der Waals surface area (Å²) >= 11 is 1.85. The van der Waals surface area contributed by atoms with Gasteiger partial charge in [-0.3, -0.25) is 0 Å². The van der Waals surface area contributed by atoms with E-state index in [0.29, 0.717) is 0 Å². The second-order valence-corrected chi connectivity index (χ2v) is 14.7. The van der Waals surface area contributed by atoms with Crippen LogP contribution in [0.5, 0.6) is 0 Å². The Hall–Kier alpha value is -6.68. The Labute approximate surface area is 310 Å². The van der Waals surface area contributed by atoms with Gasteiger partial charge < -0.3 is 9.32 Å². The SMILES string of the molecule is c1ccc(-c2ccc(N(c3ccc(-c4ccc5c(ccc6ccccc65)c4)cc3)c3cccc4sc5ccccc5c34)c3c2oc2ccccc23)cc1. The Morgan fingerprint density at radius 1 is 0.396 bits per heavy atom. The Kier molecular flexibility index (Phi) is 6.76. The largest absolute Gasteiger partial charge is 0.455 e. The summed E-state index contributed by atoms with van der Waals surface area (Å²) in [6.45, 7) is 0. The van der Waals surface area contributed by atoms with Crippen molar-refractivity contribution in [3.05, 3.63) is 188 Å². The highest BCUT2D eigenvalue weighted by Crippen LogP contribution is 2.49. The summed E-state index contributed by atoms with van der Waals surface area (Å²) in [5.41, 5.74) is 9.68. The molecule has 0 amide bonds. The molecular weight excluding hydrogens is 663 g/mol. The lowest BCUT2D eigenvalue weighted by molar-refractivity contribution is 0.670. The molecule has 0 atom stereocenters.